The van der Waals surface area contributed by atoms with Gasteiger partial charge < -0.3 is 9.64 Å². The van der Waals surface area contributed by atoms with Gasteiger partial charge in [0.15, 0.2) is 0 Å². The second-order valence-electron chi connectivity index (χ2n) is 7.51. The number of anilines is 1. The summed E-state index contributed by atoms with van der Waals surface area (Å²) >= 11 is 1.63. The molecule has 2 aromatic carbocycles. The second kappa shape index (κ2) is 8.72. The van der Waals surface area contributed by atoms with Gasteiger partial charge in [-0.25, -0.2) is 8.42 Å². The Kier molecular flexibility index (Phi) is 6.02. The molecule has 6 nitrogen and oxygen atoms in total. The van der Waals surface area contributed by atoms with Crippen molar-refractivity contribution in [1.29, 1.82) is 0 Å². The number of methoxy groups -OCH3 is 1. The first-order chi connectivity index (χ1) is 14.9. The highest BCUT2D eigenvalue weighted by Crippen LogP contribution is 2.36. The maximum absolute atomic E-state index is 13.3. The third kappa shape index (κ3) is 4.45. The van der Waals surface area contributed by atoms with Crippen molar-refractivity contribution < 1.29 is 17.9 Å². The van der Waals surface area contributed by atoms with Crippen LogP contribution in [0, 0.1) is 6.92 Å². The molecule has 2 heterocycles. The fourth-order valence-corrected chi connectivity index (χ4v) is 5.93. The van der Waals surface area contributed by atoms with E-state index < -0.39 is 10.0 Å². The van der Waals surface area contributed by atoms with Crippen LogP contribution in [-0.2, 0) is 10.0 Å². The minimum Gasteiger partial charge on any atom is -0.495 e. The number of likely N-dealkylation sites (tertiary alicyclic amines) is 1. The minimum atomic E-state index is -3.95. The Hall–Kier alpha value is -2.84. The van der Waals surface area contributed by atoms with Crippen LogP contribution < -0.4 is 9.46 Å². The predicted molar refractivity (Wildman–Crippen MR) is 122 cm³/mol. The third-order valence-corrected chi connectivity index (χ3v) is 7.77. The summed E-state index contributed by atoms with van der Waals surface area (Å²) in [6.07, 6.45) is 1.83. The lowest BCUT2D eigenvalue weighted by Crippen LogP contribution is -2.30. The molecular formula is C23H24N2O4S2. The van der Waals surface area contributed by atoms with E-state index in [2.05, 4.69) is 4.72 Å². The minimum absolute atomic E-state index is 0.0281. The number of hydrogen-bond acceptors (Lipinski definition) is 5. The second-order valence-corrected chi connectivity index (χ2v) is 10.1. The number of nitrogens with zero attached hydrogens (tertiary/aromatic N) is 1. The lowest BCUT2D eigenvalue weighted by molar-refractivity contribution is 0.0737. The zero-order chi connectivity index (χ0) is 22.0. The van der Waals surface area contributed by atoms with Gasteiger partial charge in [-0.2, -0.15) is 0 Å². The normalized spacial score (nSPS) is 16.3. The molecule has 0 saturated carbocycles. The lowest BCUT2D eigenvalue weighted by Gasteiger charge is -2.24. The van der Waals surface area contributed by atoms with Gasteiger partial charge in [0.25, 0.3) is 15.9 Å². The van der Waals surface area contributed by atoms with Crippen molar-refractivity contribution in [3.63, 3.8) is 0 Å². The molecule has 0 spiro atoms. The number of aryl methyl sites for hydroxylation is 1. The first-order valence-corrected chi connectivity index (χ1v) is 12.4. The molecule has 162 valence electrons. The molecule has 1 N–H and O–H groups in total. The molecule has 1 fully saturated rings. The van der Waals surface area contributed by atoms with Gasteiger partial charge in [-0.1, -0.05) is 23.8 Å². The van der Waals surface area contributed by atoms with Gasteiger partial charge in [-0.15, -0.1) is 11.3 Å². The van der Waals surface area contributed by atoms with Gasteiger partial charge >= 0.3 is 0 Å². The maximum Gasteiger partial charge on any atom is 0.265 e. The van der Waals surface area contributed by atoms with Crippen LogP contribution in [0.5, 0.6) is 5.75 Å². The first kappa shape index (κ1) is 21.4. The fourth-order valence-electron chi connectivity index (χ4n) is 3.80. The summed E-state index contributed by atoms with van der Waals surface area (Å²) in [6.45, 7) is 2.58. The maximum atomic E-state index is 13.3. The molecular weight excluding hydrogens is 432 g/mol. The average Bonchev–Trinajstić information content (AvgIpc) is 3.46. The largest absolute Gasteiger partial charge is 0.495 e. The van der Waals surface area contributed by atoms with Crippen molar-refractivity contribution in [3.8, 4) is 5.75 Å². The number of thiophene rings is 1. The fraction of sp³-hybridized carbons (Fsp3) is 0.261. The van der Waals surface area contributed by atoms with Crippen LogP contribution in [0.15, 0.2) is 64.9 Å². The van der Waals surface area contributed by atoms with Gasteiger partial charge in [0.1, 0.15) is 10.6 Å². The van der Waals surface area contributed by atoms with E-state index in [9.17, 15) is 13.2 Å². The summed E-state index contributed by atoms with van der Waals surface area (Å²) in [6, 6.07) is 15.7. The van der Waals surface area contributed by atoms with Gasteiger partial charge in [0.2, 0.25) is 0 Å². The molecule has 8 heteroatoms. The summed E-state index contributed by atoms with van der Waals surface area (Å²) in [5.74, 6) is 0.0118. The van der Waals surface area contributed by atoms with E-state index in [0.29, 0.717) is 17.8 Å². The molecule has 31 heavy (non-hydrogen) atoms. The molecule has 0 aliphatic carbocycles. The van der Waals surface area contributed by atoms with E-state index in [1.807, 2.05) is 41.5 Å². The standard InChI is InChI=1S/C23H24N2O4S2/c1-16-7-10-18(11-8-16)24-31(27,28)22-15-17(9-12-20(22)29-2)23(26)25-13-3-5-19(25)21-6-4-14-30-21/h4,6-12,14-15,19,24H,3,5,13H2,1-2H3/t19-/m0/s1. The highest BCUT2D eigenvalue weighted by molar-refractivity contribution is 7.92. The summed E-state index contributed by atoms with van der Waals surface area (Å²) in [7, 11) is -2.54. The Morgan fingerprint density at radius 2 is 1.94 bits per heavy atom. The van der Waals surface area contributed by atoms with Crippen LogP contribution in [0.3, 0.4) is 0 Å². The Morgan fingerprint density at radius 3 is 2.61 bits per heavy atom. The third-order valence-electron chi connectivity index (χ3n) is 5.39. The van der Waals surface area contributed by atoms with E-state index in [0.717, 1.165) is 23.3 Å². The number of ether oxygens (including phenoxy) is 1. The summed E-state index contributed by atoms with van der Waals surface area (Å²) in [4.78, 5) is 16.2. The number of nitrogens with one attached hydrogen (secondary N) is 1. The molecule has 3 aromatic rings. The average molecular weight is 457 g/mol. The van der Waals surface area contributed by atoms with Crippen molar-refractivity contribution >= 4 is 33.0 Å². The predicted octanol–water partition coefficient (Wildman–Crippen LogP) is 4.84. The highest BCUT2D eigenvalue weighted by Gasteiger charge is 2.32. The monoisotopic (exact) mass is 456 g/mol. The van der Waals surface area contributed by atoms with E-state index in [4.69, 9.17) is 4.74 Å². The summed E-state index contributed by atoms with van der Waals surface area (Å²) in [5, 5.41) is 2.01. The van der Waals surface area contributed by atoms with Crippen molar-refractivity contribution in [1.82, 2.24) is 4.90 Å². The lowest BCUT2D eigenvalue weighted by atomic mass is 10.1. The molecule has 1 amide bonds. The molecule has 1 atom stereocenters. The van der Waals surface area contributed by atoms with Crippen molar-refractivity contribution in [2.45, 2.75) is 30.7 Å². The van der Waals surface area contributed by atoms with Gasteiger partial charge in [-0.05, 0) is 61.5 Å². The van der Waals surface area contributed by atoms with E-state index >= 15 is 0 Å². The van der Waals surface area contributed by atoms with Crippen LogP contribution in [0.2, 0.25) is 0 Å². The van der Waals surface area contributed by atoms with Crippen molar-refractivity contribution in [2.75, 3.05) is 18.4 Å². The highest BCUT2D eigenvalue weighted by atomic mass is 32.2. The number of rotatable bonds is 6. The molecule has 0 unspecified atom stereocenters. The molecule has 0 radical (unpaired) electrons. The molecule has 4 rings (SSSR count). The first-order valence-electron chi connectivity index (χ1n) is 10.0. The Labute approximate surface area is 186 Å². The van der Waals surface area contributed by atoms with E-state index in [-0.39, 0.29) is 22.6 Å². The zero-order valence-electron chi connectivity index (χ0n) is 17.4. The number of carbonyl (C=O) groups is 1. The van der Waals surface area contributed by atoms with E-state index in [1.165, 1.54) is 19.2 Å². The number of hydrogen-bond donors (Lipinski definition) is 1. The van der Waals surface area contributed by atoms with Crippen molar-refractivity contribution in [2.24, 2.45) is 0 Å². The number of sulfonamides is 1. The molecule has 1 aliphatic rings. The van der Waals surface area contributed by atoms with Crippen LogP contribution in [-0.4, -0.2) is 32.9 Å². The summed E-state index contributed by atoms with van der Waals surface area (Å²) in [5.41, 5.74) is 1.80. The van der Waals surface area contributed by atoms with Crippen molar-refractivity contribution in [3.05, 3.63) is 76.0 Å². The number of carbonyl (C=O) groups excluding carboxylic acids is 1. The van der Waals surface area contributed by atoms with Crippen LogP contribution in [0.1, 0.15) is 39.7 Å². The summed E-state index contributed by atoms with van der Waals surface area (Å²) < 4.78 is 34.1. The van der Waals surface area contributed by atoms with E-state index in [1.54, 1.807) is 29.5 Å². The number of amides is 1. The quantitative estimate of drug-likeness (QED) is 0.576. The zero-order valence-corrected chi connectivity index (χ0v) is 19.0. The van der Waals surface area contributed by atoms with Crippen LogP contribution >= 0.6 is 11.3 Å². The molecule has 1 aromatic heterocycles. The van der Waals surface area contributed by atoms with Gasteiger partial charge in [-0.3, -0.25) is 9.52 Å². The molecule has 1 aliphatic heterocycles. The Balaban J connectivity index is 1.65. The molecule has 0 bridgehead atoms. The van der Waals surface area contributed by atoms with Crippen LogP contribution in [0.4, 0.5) is 5.69 Å². The Morgan fingerprint density at radius 1 is 1.16 bits per heavy atom. The van der Waals surface area contributed by atoms with Gasteiger partial charge in [0.05, 0.1) is 13.2 Å². The smallest absolute Gasteiger partial charge is 0.265 e. The SMILES string of the molecule is COc1ccc(C(=O)N2CCC[C@H]2c2cccs2)cc1S(=O)(=O)Nc1ccc(C)cc1. The molecule has 1 saturated heterocycles. The van der Waals surface area contributed by atoms with Gasteiger partial charge in [0, 0.05) is 22.7 Å². The van der Waals surface area contributed by atoms with Crippen LogP contribution in [0.25, 0.3) is 0 Å². The number of benzene rings is 2. The Bertz CT molecular complexity index is 1170. The topological polar surface area (TPSA) is 75.7 Å².